The van der Waals surface area contributed by atoms with E-state index in [4.69, 9.17) is 0 Å². The first-order chi connectivity index (χ1) is 12.8. The zero-order valence-electron chi connectivity index (χ0n) is 16.7. The number of aryl methyl sites for hydroxylation is 1. The van der Waals surface area contributed by atoms with Crippen molar-refractivity contribution in [3.63, 3.8) is 0 Å². The van der Waals surface area contributed by atoms with Crippen LogP contribution in [-0.2, 0) is 0 Å². The molecule has 0 radical (unpaired) electrons. The summed E-state index contributed by atoms with van der Waals surface area (Å²) in [5.74, 6) is 0. The van der Waals surface area contributed by atoms with Crippen molar-refractivity contribution >= 4 is 10.8 Å². The molecule has 0 atom stereocenters. The Bertz CT molecular complexity index is 746. The van der Waals surface area contributed by atoms with Gasteiger partial charge in [-0.25, -0.2) is 0 Å². The van der Waals surface area contributed by atoms with E-state index in [1.54, 1.807) is 0 Å². The zero-order valence-corrected chi connectivity index (χ0v) is 16.7. The Morgan fingerprint density at radius 2 is 1.63 bits per heavy atom. The van der Waals surface area contributed by atoms with Crippen LogP contribution < -0.4 is 0 Å². The lowest BCUT2D eigenvalue weighted by Crippen LogP contribution is -1.78. The van der Waals surface area contributed by atoms with Gasteiger partial charge in [0.05, 0.1) is 0 Å². The Morgan fingerprint density at radius 1 is 0.963 bits per heavy atom. The van der Waals surface area contributed by atoms with Gasteiger partial charge in [0.25, 0.3) is 0 Å². The van der Waals surface area contributed by atoms with Crippen molar-refractivity contribution in [1.29, 1.82) is 0 Å². The van der Waals surface area contributed by atoms with E-state index in [1.165, 1.54) is 21.9 Å². The maximum atomic E-state index is 4.00. The minimum atomic E-state index is 0. The lowest BCUT2D eigenvalue weighted by Gasteiger charge is -1.98. The van der Waals surface area contributed by atoms with E-state index in [2.05, 4.69) is 112 Å². The van der Waals surface area contributed by atoms with Crippen LogP contribution in [0.1, 0.15) is 46.6 Å². The third kappa shape index (κ3) is 10.7. The molecule has 1 aliphatic carbocycles. The lowest BCUT2D eigenvalue weighted by atomic mass is 10.1. The molecule has 0 aromatic heterocycles. The topological polar surface area (TPSA) is 0 Å². The number of rotatable bonds is 2. The number of hydrogen-bond acceptors (Lipinski definition) is 0. The summed E-state index contributed by atoms with van der Waals surface area (Å²) in [5, 5.41) is 2.68. The Labute approximate surface area is 168 Å². The van der Waals surface area contributed by atoms with Crippen molar-refractivity contribution in [2.24, 2.45) is 0 Å². The lowest BCUT2D eigenvalue weighted by molar-refractivity contribution is 1.22. The van der Waals surface area contributed by atoms with Crippen molar-refractivity contribution in [2.45, 2.75) is 48.0 Å². The number of benzene rings is 2. The van der Waals surface area contributed by atoms with Gasteiger partial charge in [0.15, 0.2) is 0 Å². The molecule has 0 unspecified atom stereocenters. The zero-order chi connectivity index (χ0) is 19.6. The quantitative estimate of drug-likeness (QED) is 0.471. The van der Waals surface area contributed by atoms with Crippen LogP contribution >= 0.6 is 0 Å². The Hall–Kier alpha value is -2.78. The highest BCUT2D eigenvalue weighted by molar-refractivity contribution is 5.85. The summed E-state index contributed by atoms with van der Waals surface area (Å²) in [6, 6.07) is 14.8. The normalized spacial score (nSPS) is 12.7. The van der Waals surface area contributed by atoms with Gasteiger partial charge in [-0.3, -0.25) is 0 Å². The van der Waals surface area contributed by atoms with Gasteiger partial charge in [-0.05, 0) is 41.7 Å². The molecule has 0 saturated carbocycles. The molecule has 0 bridgehead atoms. The van der Waals surface area contributed by atoms with Crippen LogP contribution in [0.2, 0.25) is 0 Å². The smallest absolute Gasteiger partial charge is 0.00943 e. The van der Waals surface area contributed by atoms with E-state index in [-0.39, 0.29) is 7.43 Å². The molecule has 3 rings (SSSR count). The number of fused-ring (bicyclic) bond motifs is 1. The second-order valence-electron chi connectivity index (χ2n) is 5.37. The standard InChI is InChI=1S/C11H10.C11H14.C2H6.C2H2.CH4/c1-9-5-4-7-10-6-2-3-8-11(9)10;1-2-3-5-8-11-9-6-4-7-10-11;2*1-2;/h2-8H,1H3;3-9H,2,10H2,1H3;1-2H3;1-2H;1H4/b;5-3-,11-8-;;;. The summed E-state index contributed by atoms with van der Waals surface area (Å²) in [7, 11) is 0. The van der Waals surface area contributed by atoms with Crippen LogP contribution in [0.15, 0.2) is 90.6 Å². The molecule has 27 heavy (non-hydrogen) atoms. The predicted molar refractivity (Wildman–Crippen MR) is 127 cm³/mol. The Balaban J connectivity index is 0. The Morgan fingerprint density at radius 3 is 2.22 bits per heavy atom. The number of terminal acetylenes is 1. The first-order valence-corrected chi connectivity index (χ1v) is 9.28. The summed E-state index contributed by atoms with van der Waals surface area (Å²) in [6.45, 7) is 8.29. The highest BCUT2D eigenvalue weighted by atomic mass is 14.0. The average Bonchev–Trinajstić information content (AvgIpc) is 2.73. The second-order valence-corrected chi connectivity index (χ2v) is 5.37. The van der Waals surface area contributed by atoms with Gasteiger partial charge >= 0.3 is 0 Å². The summed E-state index contributed by atoms with van der Waals surface area (Å²) >= 11 is 0. The average molecular weight is 361 g/mol. The maximum Gasteiger partial charge on any atom is -0.00943 e. The molecular formula is C27H36. The van der Waals surface area contributed by atoms with Gasteiger partial charge in [0, 0.05) is 0 Å². The number of hydrogen-bond donors (Lipinski definition) is 0. The molecular weight excluding hydrogens is 324 g/mol. The monoisotopic (exact) mass is 360 g/mol. The van der Waals surface area contributed by atoms with Crippen molar-refractivity contribution in [2.75, 3.05) is 0 Å². The van der Waals surface area contributed by atoms with Gasteiger partial charge in [-0.15, -0.1) is 12.8 Å². The fraction of sp³-hybridized carbons (Fsp3) is 0.259. The molecule has 0 heteroatoms. The van der Waals surface area contributed by atoms with Gasteiger partial charge in [-0.2, -0.15) is 0 Å². The third-order valence-electron chi connectivity index (χ3n) is 3.60. The number of allylic oxidation sites excluding steroid dienone is 8. The van der Waals surface area contributed by atoms with Crippen molar-refractivity contribution in [1.82, 2.24) is 0 Å². The molecule has 2 aromatic carbocycles. The van der Waals surface area contributed by atoms with E-state index in [1.807, 2.05) is 13.8 Å². The van der Waals surface area contributed by atoms with Gasteiger partial charge < -0.3 is 0 Å². The van der Waals surface area contributed by atoms with Crippen LogP contribution in [0.3, 0.4) is 0 Å². The van der Waals surface area contributed by atoms with Gasteiger partial charge in [0.1, 0.15) is 0 Å². The van der Waals surface area contributed by atoms with Crippen LogP contribution in [0.25, 0.3) is 10.8 Å². The molecule has 0 saturated heterocycles. The molecule has 0 heterocycles. The first kappa shape index (κ1) is 26.4. The van der Waals surface area contributed by atoms with Crippen LogP contribution in [-0.4, -0.2) is 0 Å². The first-order valence-electron chi connectivity index (χ1n) is 9.28. The van der Waals surface area contributed by atoms with Crippen LogP contribution in [0, 0.1) is 19.8 Å². The third-order valence-corrected chi connectivity index (χ3v) is 3.60. The van der Waals surface area contributed by atoms with Gasteiger partial charge in [-0.1, -0.05) is 113 Å². The minimum absolute atomic E-state index is 0. The minimum Gasteiger partial charge on any atom is -0.124 e. The summed E-state index contributed by atoms with van der Waals surface area (Å²) in [4.78, 5) is 0. The SMILES string of the molecule is C.C#C.CC.CC/C=C\C=C1\C=CC=CC1.Cc1cccc2ccccc12. The van der Waals surface area contributed by atoms with E-state index < -0.39 is 0 Å². The molecule has 0 amide bonds. The van der Waals surface area contributed by atoms with E-state index >= 15 is 0 Å². The maximum absolute atomic E-state index is 4.00. The van der Waals surface area contributed by atoms with E-state index in [9.17, 15) is 0 Å². The fourth-order valence-corrected chi connectivity index (χ4v) is 2.37. The van der Waals surface area contributed by atoms with Crippen molar-refractivity contribution in [3.8, 4) is 12.8 Å². The largest absolute Gasteiger partial charge is 0.124 e. The van der Waals surface area contributed by atoms with E-state index in [0.29, 0.717) is 0 Å². The summed E-state index contributed by atoms with van der Waals surface area (Å²) < 4.78 is 0. The second kappa shape index (κ2) is 18.0. The molecule has 0 N–H and O–H groups in total. The molecule has 144 valence electrons. The molecule has 0 fully saturated rings. The molecule has 0 aliphatic heterocycles. The molecule has 1 aliphatic rings. The predicted octanol–water partition coefficient (Wildman–Crippen LogP) is 8.46. The molecule has 2 aromatic rings. The summed E-state index contributed by atoms with van der Waals surface area (Å²) in [6.07, 6.45) is 25.1. The molecule has 0 spiro atoms. The highest BCUT2D eigenvalue weighted by Crippen LogP contribution is 2.16. The van der Waals surface area contributed by atoms with Gasteiger partial charge in [0.2, 0.25) is 0 Å². The summed E-state index contributed by atoms with van der Waals surface area (Å²) in [5.41, 5.74) is 2.74. The van der Waals surface area contributed by atoms with Crippen LogP contribution in [0.5, 0.6) is 0 Å². The Kier molecular flexibility index (Phi) is 17.7. The van der Waals surface area contributed by atoms with Crippen LogP contribution in [0.4, 0.5) is 0 Å². The molecule has 0 nitrogen and oxygen atoms in total. The fourth-order valence-electron chi connectivity index (χ4n) is 2.37. The van der Waals surface area contributed by atoms with Crippen molar-refractivity contribution in [3.05, 3.63) is 96.1 Å². The highest BCUT2D eigenvalue weighted by Gasteiger charge is 1.92. The van der Waals surface area contributed by atoms with E-state index in [0.717, 1.165) is 12.8 Å². The van der Waals surface area contributed by atoms with Crippen molar-refractivity contribution < 1.29 is 0 Å².